The summed E-state index contributed by atoms with van der Waals surface area (Å²) in [4.78, 5) is 11.3. The van der Waals surface area contributed by atoms with Gasteiger partial charge in [0, 0.05) is 18.0 Å². The number of hydrogen-bond donors (Lipinski definition) is 1. The molecule has 0 aliphatic rings. The third-order valence-corrected chi connectivity index (χ3v) is 2.05. The Labute approximate surface area is 91.2 Å². The Kier molecular flexibility index (Phi) is 4.49. The highest BCUT2D eigenvalue weighted by molar-refractivity contribution is 6.17. The summed E-state index contributed by atoms with van der Waals surface area (Å²) < 4.78 is 25.3. The zero-order valence-corrected chi connectivity index (χ0v) is 8.65. The van der Waals surface area contributed by atoms with E-state index in [0.29, 0.717) is 18.8 Å². The van der Waals surface area contributed by atoms with Crippen LogP contribution in [0.25, 0.3) is 0 Å². The molecule has 0 aromatic heterocycles. The van der Waals surface area contributed by atoms with Crippen LogP contribution in [0.5, 0.6) is 0 Å². The molecule has 0 unspecified atom stereocenters. The van der Waals surface area contributed by atoms with Crippen molar-refractivity contribution in [3.05, 3.63) is 35.4 Å². The molecule has 1 rings (SSSR count). The molecule has 15 heavy (non-hydrogen) atoms. The van der Waals surface area contributed by atoms with Gasteiger partial charge in [0.1, 0.15) is 0 Å². The van der Waals surface area contributed by atoms with Crippen LogP contribution in [-0.2, 0) is 0 Å². The molecule has 0 aliphatic heterocycles. The van der Waals surface area contributed by atoms with Crippen LogP contribution in [0.2, 0.25) is 0 Å². The number of nitrogens with one attached hydrogen (secondary N) is 1. The molecular formula is C10H10ClF2NO. The zero-order valence-electron chi connectivity index (χ0n) is 7.90. The highest BCUT2D eigenvalue weighted by Gasteiger charge is 2.08. The van der Waals surface area contributed by atoms with Gasteiger partial charge < -0.3 is 5.32 Å². The van der Waals surface area contributed by atoms with E-state index in [9.17, 15) is 13.6 Å². The van der Waals surface area contributed by atoms with E-state index in [2.05, 4.69) is 5.32 Å². The molecule has 0 heterocycles. The van der Waals surface area contributed by atoms with Crippen molar-refractivity contribution < 1.29 is 13.6 Å². The summed E-state index contributed by atoms with van der Waals surface area (Å²) in [7, 11) is 0. The van der Waals surface area contributed by atoms with Crippen LogP contribution in [0.1, 0.15) is 16.8 Å². The van der Waals surface area contributed by atoms with Crippen LogP contribution < -0.4 is 5.32 Å². The Morgan fingerprint density at radius 1 is 1.33 bits per heavy atom. The summed E-state index contributed by atoms with van der Waals surface area (Å²) in [5.41, 5.74) is 0.100. The molecule has 1 amide bonds. The average molecular weight is 234 g/mol. The third kappa shape index (κ3) is 3.47. The first-order valence-corrected chi connectivity index (χ1v) is 4.98. The summed E-state index contributed by atoms with van der Waals surface area (Å²) in [6.45, 7) is 0.418. The molecule has 0 saturated heterocycles. The maximum Gasteiger partial charge on any atom is 0.251 e. The molecule has 1 aromatic carbocycles. The molecule has 0 atom stereocenters. The monoisotopic (exact) mass is 233 g/mol. The summed E-state index contributed by atoms with van der Waals surface area (Å²) in [5.74, 6) is -1.98. The Hall–Kier alpha value is -1.16. The minimum Gasteiger partial charge on any atom is -0.352 e. The second-order valence-electron chi connectivity index (χ2n) is 2.93. The van der Waals surface area contributed by atoms with Crippen molar-refractivity contribution in [2.75, 3.05) is 12.4 Å². The molecule has 0 fully saturated rings. The Bertz CT molecular complexity index is 357. The van der Waals surface area contributed by atoms with Crippen LogP contribution >= 0.6 is 11.6 Å². The minimum atomic E-state index is -1.03. The number of hydrogen-bond acceptors (Lipinski definition) is 1. The van der Waals surface area contributed by atoms with Crippen LogP contribution in [-0.4, -0.2) is 18.3 Å². The van der Waals surface area contributed by atoms with Crippen molar-refractivity contribution in [2.24, 2.45) is 0 Å². The van der Waals surface area contributed by atoms with Crippen LogP contribution in [0.15, 0.2) is 18.2 Å². The Balaban J connectivity index is 2.62. The Morgan fingerprint density at radius 2 is 2.07 bits per heavy atom. The zero-order chi connectivity index (χ0) is 11.3. The number of alkyl halides is 1. The van der Waals surface area contributed by atoms with E-state index in [0.717, 1.165) is 12.1 Å². The second kappa shape index (κ2) is 5.66. The standard InChI is InChI=1S/C10H10ClF2NO/c11-4-1-5-14-10(15)7-2-3-8(12)9(13)6-7/h2-3,6H,1,4-5H2,(H,14,15). The fourth-order valence-electron chi connectivity index (χ4n) is 1.01. The minimum absolute atomic E-state index is 0.100. The molecule has 1 aromatic rings. The highest BCUT2D eigenvalue weighted by atomic mass is 35.5. The summed E-state index contributed by atoms with van der Waals surface area (Å²) in [6.07, 6.45) is 0.636. The van der Waals surface area contributed by atoms with Crippen molar-refractivity contribution in [1.82, 2.24) is 5.32 Å². The van der Waals surface area contributed by atoms with Gasteiger partial charge in [-0.05, 0) is 24.6 Å². The lowest BCUT2D eigenvalue weighted by Crippen LogP contribution is -2.24. The summed E-state index contributed by atoms with van der Waals surface area (Å²) in [5, 5.41) is 2.53. The molecule has 0 spiro atoms. The third-order valence-electron chi connectivity index (χ3n) is 1.78. The molecule has 0 radical (unpaired) electrons. The fraction of sp³-hybridized carbons (Fsp3) is 0.300. The van der Waals surface area contributed by atoms with Gasteiger partial charge in [0.25, 0.3) is 5.91 Å². The molecule has 82 valence electrons. The summed E-state index contributed by atoms with van der Waals surface area (Å²) in [6, 6.07) is 3.02. The first-order valence-electron chi connectivity index (χ1n) is 4.44. The quantitative estimate of drug-likeness (QED) is 0.628. The molecule has 0 aliphatic carbocycles. The van der Waals surface area contributed by atoms with Crippen molar-refractivity contribution >= 4 is 17.5 Å². The number of carbonyl (C=O) groups excluding carboxylic acids is 1. The van der Waals surface area contributed by atoms with Gasteiger partial charge in [-0.15, -0.1) is 11.6 Å². The van der Waals surface area contributed by atoms with Crippen LogP contribution in [0.4, 0.5) is 8.78 Å². The molecule has 0 bridgehead atoms. The average Bonchev–Trinajstić information content (AvgIpc) is 2.22. The van der Waals surface area contributed by atoms with Gasteiger partial charge in [-0.1, -0.05) is 0 Å². The Morgan fingerprint density at radius 3 is 2.67 bits per heavy atom. The van der Waals surface area contributed by atoms with Gasteiger partial charge >= 0.3 is 0 Å². The molecular weight excluding hydrogens is 224 g/mol. The van der Waals surface area contributed by atoms with Crippen LogP contribution in [0.3, 0.4) is 0 Å². The van der Waals surface area contributed by atoms with E-state index in [4.69, 9.17) is 11.6 Å². The SMILES string of the molecule is O=C(NCCCCl)c1ccc(F)c(F)c1. The van der Waals surface area contributed by atoms with Gasteiger partial charge in [-0.2, -0.15) is 0 Å². The van der Waals surface area contributed by atoms with Crippen LogP contribution in [0, 0.1) is 11.6 Å². The van der Waals surface area contributed by atoms with E-state index in [1.165, 1.54) is 6.07 Å². The maximum atomic E-state index is 12.8. The smallest absolute Gasteiger partial charge is 0.251 e. The van der Waals surface area contributed by atoms with E-state index in [1.54, 1.807) is 0 Å². The first kappa shape index (κ1) is 11.9. The lowest BCUT2D eigenvalue weighted by Gasteiger charge is -2.03. The van der Waals surface area contributed by atoms with Gasteiger partial charge in [0.05, 0.1) is 0 Å². The fourth-order valence-corrected chi connectivity index (χ4v) is 1.14. The van der Waals surface area contributed by atoms with Gasteiger partial charge in [0.2, 0.25) is 0 Å². The number of halogens is 3. The van der Waals surface area contributed by atoms with E-state index >= 15 is 0 Å². The predicted molar refractivity (Wildman–Crippen MR) is 54.0 cm³/mol. The topological polar surface area (TPSA) is 29.1 Å². The van der Waals surface area contributed by atoms with E-state index in [-0.39, 0.29) is 5.56 Å². The number of rotatable bonds is 4. The number of benzene rings is 1. The van der Waals surface area contributed by atoms with Crippen molar-refractivity contribution in [3.8, 4) is 0 Å². The first-order chi connectivity index (χ1) is 7.15. The largest absolute Gasteiger partial charge is 0.352 e. The second-order valence-corrected chi connectivity index (χ2v) is 3.31. The lowest BCUT2D eigenvalue weighted by atomic mass is 10.2. The van der Waals surface area contributed by atoms with E-state index < -0.39 is 17.5 Å². The normalized spacial score (nSPS) is 10.1. The molecule has 5 heteroatoms. The van der Waals surface area contributed by atoms with Crippen molar-refractivity contribution in [2.45, 2.75) is 6.42 Å². The predicted octanol–water partition coefficient (Wildman–Crippen LogP) is 2.32. The lowest BCUT2D eigenvalue weighted by molar-refractivity contribution is 0.0953. The summed E-state index contributed by atoms with van der Waals surface area (Å²) >= 11 is 5.42. The molecule has 1 N–H and O–H groups in total. The van der Waals surface area contributed by atoms with Gasteiger partial charge in [-0.25, -0.2) is 8.78 Å². The maximum absolute atomic E-state index is 12.8. The molecule has 0 saturated carbocycles. The highest BCUT2D eigenvalue weighted by Crippen LogP contribution is 2.08. The number of carbonyl (C=O) groups is 1. The number of amides is 1. The van der Waals surface area contributed by atoms with Gasteiger partial charge in [-0.3, -0.25) is 4.79 Å². The van der Waals surface area contributed by atoms with E-state index in [1.807, 2.05) is 0 Å². The molecule has 2 nitrogen and oxygen atoms in total. The van der Waals surface area contributed by atoms with Crippen molar-refractivity contribution in [1.29, 1.82) is 0 Å². The van der Waals surface area contributed by atoms with Gasteiger partial charge in [0.15, 0.2) is 11.6 Å². The van der Waals surface area contributed by atoms with Crippen molar-refractivity contribution in [3.63, 3.8) is 0 Å².